The van der Waals surface area contributed by atoms with Gasteiger partial charge in [0.25, 0.3) is 0 Å². The molecule has 0 aromatic carbocycles. The predicted molar refractivity (Wildman–Crippen MR) is 86.6 cm³/mol. The number of pyridine rings is 1. The van der Waals surface area contributed by atoms with Crippen LogP contribution in [0.4, 0.5) is 0 Å². The zero-order valence-electron chi connectivity index (χ0n) is 13.5. The van der Waals surface area contributed by atoms with Gasteiger partial charge in [-0.15, -0.1) is 0 Å². The summed E-state index contributed by atoms with van der Waals surface area (Å²) in [7, 11) is 2.12. The smallest absolute Gasteiger partial charge is 0.159 e. The van der Waals surface area contributed by atoms with E-state index < -0.39 is 0 Å². The SMILES string of the molecule is Cc1cc(C)n2ncc(CN(C)Cc3ccncc3C)c2n1. The molecule has 0 amide bonds. The summed E-state index contributed by atoms with van der Waals surface area (Å²) in [6, 6.07) is 4.13. The number of aryl methyl sites for hydroxylation is 3. The quantitative estimate of drug-likeness (QED) is 0.742. The fraction of sp³-hybridized carbons (Fsp3) is 0.353. The van der Waals surface area contributed by atoms with Gasteiger partial charge in [-0.05, 0) is 51.1 Å². The van der Waals surface area contributed by atoms with Crippen molar-refractivity contribution in [1.82, 2.24) is 24.5 Å². The number of nitrogens with zero attached hydrogens (tertiary/aromatic N) is 5. The van der Waals surface area contributed by atoms with Crippen molar-refractivity contribution < 1.29 is 0 Å². The number of hydrogen-bond acceptors (Lipinski definition) is 4. The fourth-order valence-electron chi connectivity index (χ4n) is 2.74. The van der Waals surface area contributed by atoms with Gasteiger partial charge < -0.3 is 0 Å². The zero-order valence-corrected chi connectivity index (χ0v) is 13.5. The van der Waals surface area contributed by atoms with E-state index in [2.05, 4.69) is 46.9 Å². The van der Waals surface area contributed by atoms with Gasteiger partial charge in [0.15, 0.2) is 5.65 Å². The van der Waals surface area contributed by atoms with Gasteiger partial charge in [-0.25, -0.2) is 9.50 Å². The molecule has 22 heavy (non-hydrogen) atoms. The molecule has 0 bridgehead atoms. The summed E-state index contributed by atoms with van der Waals surface area (Å²) in [5, 5.41) is 4.45. The van der Waals surface area contributed by atoms with Gasteiger partial charge in [-0.3, -0.25) is 9.88 Å². The molecule has 3 aromatic heterocycles. The second-order valence-electron chi connectivity index (χ2n) is 5.92. The Bertz CT molecular complexity index is 806. The Morgan fingerprint density at radius 3 is 2.64 bits per heavy atom. The number of hydrogen-bond donors (Lipinski definition) is 0. The van der Waals surface area contributed by atoms with Crippen LogP contribution in [0.5, 0.6) is 0 Å². The lowest BCUT2D eigenvalue weighted by Crippen LogP contribution is -2.18. The van der Waals surface area contributed by atoms with E-state index in [0.29, 0.717) is 0 Å². The third kappa shape index (κ3) is 2.85. The van der Waals surface area contributed by atoms with E-state index in [4.69, 9.17) is 0 Å². The van der Waals surface area contributed by atoms with Gasteiger partial charge >= 0.3 is 0 Å². The first-order valence-electron chi connectivity index (χ1n) is 7.43. The molecule has 3 aromatic rings. The van der Waals surface area contributed by atoms with E-state index in [-0.39, 0.29) is 0 Å². The fourth-order valence-corrected chi connectivity index (χ4v) is 2.74. The number of aromatic nitrogens is 4. The van der Waals surface area contributed by atoms with E-state index in [1.165, 1.54) is 11.1 Å². The van der Waals surface area contributed by atoms with E-state index in [0.717, 1.165) is 35.7 Å². The first-order valence-corrected chi connectivity index (χ1v) is 7.43. The van der Waals surface area contributed by atoms with Crippen LogP contribution in [0.25, 0.3) is 5.65 Å². The topological polar surface area (TPSA) is 46.3 Å². The molecule has 3 rings (SSSR count). The van der Waals surface area contributed by atoms with E-state index >= 15 is 0 Å². The Morgan fingerprint density at radius 1 is 1.09 bits per heavy atom. The summed E-state index contributed by atoms with van der Waals surface area (Å²) in [5.41, 5.74) is 6.77. The molecule has 0 N–H and O–H groups in total. The second kappa shape index (κ2) is 5.85. The van der Waals surface area contributed by atoms with Gasteiger partial charge in [-0.2, -0.15) is 5.10 Å². The average molecular weight is 295 g/mol. The van der Waals surface area contributed by atoms with Gasteiger partial charge in [0, 0.05) is 42.4 Å². The van der Waals surface area contributed by atoms with E-state index in [1.807, 2.05) is 36.1 Å². The van der Waals surface area contributed by atoms with Crippen LogP contribution in [0.3, 0.4) is 0 Å². The van der Waals surface area contributed by atoms with Crippen molar-refractivity contribution in [2.75, 3.05) is 7.05 Å². The van der Waals surface area contributed by atoms with Gasteiger partial charge in [-0.1, -0.05) is 0 Å². The average Bonchev–Trinajstić information content (AvgIpc) is 2.85. The second-order valence-corrected chi connectivity index (χ2v) is 5.92. The molecule has 114 valence electrons. The number of fused-ring (bicyclic) bond motifs is 1. The lowest BCUT2D eigenvalue weighted by atomic mass is 10.1. The highest BCUT2D eigenvalue weighted by Crippen LogP contribution is 2.15. The Kier molecular flexibility index (Phi) is 3.90. The predicted octanol–water partition coefficient (Wildman–Crippen LogP) is 2.68. The van der Waals surface area contributed by atoms with E-state index in [9.17, 15) is 0 Å². The number of rotatable bonds is 4. The highest BCUT2D eigenvalue weighted by atomic mass is 15.3. The summed E-state index contributed by atoms with van der Waals surface area (Å²) in [6.45, 7) is 7.88. The minimum absolute atomic E-state index is 0.821. The van der Waals surface area contributed by atoms with Crippen molar-refractivity contribution >= 4 is 5.65 Å². The minimum Gasteiger partial charge on any atom is -0.298 e. The highest BCUT2D eigenvalue weighted by Gasteiger charge is 2.11. The van der Waals surface area contributed by atoms with Crippen LogP contribution in [0.1, 0.15) is 28.1 Å². The van der Waals surface area contributed by atoms with Crippen LogP contribution in [-0.2, 0) is 13.1 Å². The molecule has 5 nitrogen and oxygen atoms in total. The van der Waals surface area contributed by atoms with Crippen LogP contribution in [-0.4, -0.2) is 31.5 Å². The van der Waals surface area contributed by atoms with Crippen molar-refractivity contribution in [3.05, 3.63) is 58.8 Å². The van der Waals surface area contributed by atoms with Crippen LogP contribution in [0.2, 0.25) is 0 Å². The van der Waals surface area contributed by atoms with Crippen molar-refractivity contribution in [2.45, 2.75) is 33.9 Å². The third-order valence-electron chi connectivity index (χ3n) is 3.87. The summed E-state index contributed by atoms with van der Waals surface area (Å²) in [4.78, 5) is 11.1. The molecule has 0 atom stereocenters. The van der Waals surface area contributed by atoms with Crippen molar-refractivity contribution in [3.63, 3.8) is 0 Å². The van der Waals surface area contributed by atoms with Gasteiger partial charge in [0.2, 0.25) is 0 Å². The normalized spacial score (nSPS) is 11.5. The molecule has 0 aliphatic carbocycles. The summed E-state index contributed by atoms with van der Waals surface area (Å²) >= 11 is 0. The summed E-state index contributed by atoms with van der Waals surface area (Å²) < 4.78 is 1.91. The molecular weight excluding hydrogens is 274 g/mol. The molecule has 0 radical (unpaired) electrons. The van der Waals surface area contributed by atoms with Crippen molar-refractivity contribution in [2.24, 2.45) is 0 Å². The lowest BCUT2D eigenvalue weighted by Gasteiger charge is -2.17. The molecule has 0 fully saturated rings. The molecule has 0 saturated carbocycles. The van der Waals surface area contributed by atoms with Crippen LogP contribution < -0.4 is 0 Å². The Labute approximate surface area is 130 Å². The first-order chi connectivity index (χ1) is 10.5. The minimum atomic E-state index is 0.821. The molecule has 3 heterocycles. The van der Waals surface area contributed by atoms with Crippen LogP contribution in [0.15, 0.2) is 30.7 Å². The maximum atomic E-state index is 4.64. The largest absolute Gasteiger partial charge is 0.298 e. The van der Waals surface area contributed by atoms with Crippen molar-refractivity contribution in [1.29, 1.82) is 0 Å². The first kappa shape index (κ1) is 14.7. The molecule has 5 heteroatoms. The molecular formula is C17H21N5. The Hall–Kier alpha value is -2.27. The van der Waals surface area contributed by atoms with Gasteiger partial charge in [0.05, 0.1) is 6.20 Å². The standard InChI is InChI=1S/C17H21N5/c1-12-8-18-6-5-15(12)10-21(4)11-16-9-19-22-14(3)7-13(2)20-17(16)22/h5-9H,10-11H2,1-4H3. The molecule has 0 aliphatic heterocycles. The monoisotopic (exact) mass is 295 g/mol. The lowest BCUT2D eigenvalue weighted by molar-refractivity contribution is 0.319. The summed E-state index contributed by atoms with van der Waals surface area (Å²) in [5.74, 6) is 0. The Balaban J connectivity index is 1.83. The van der Waals surface area contributed by atoms with E-state index in [1.54, 1.807) is 0 Å². The van der Waals surface area contributed by atoms with Crippen LogP contribution >= 0.6 is 0 Å². The van der Waals surface area contributed by atoms with Crippen molar-refractivity contribution in [3.8, 4) is 0 Å². The molecule has 0 unspecified atom stereocenters. The maximum Gasteiger partial charge on any atom is 0.159 e. The molecule has 0 saturated heterocycles. The molecule has 0 spiro atoms. The van der Waals surface area contributed by atoms with Gasteiger partial charge in [0.1, 0.15) is 0 Å². The summed E-state index contributed by atoms with van der Waals surface area (Å²) in [6.07, 6.45) is 5.68. The maximum absolute atomic E-state index is 4.64. The third-order valence-corrected chi connectivity index (χ3v) is 3.87. The van der Waals surface area contributed by atoms with Crippen LogP contribution in [0, 0.1) is 20.8 Å². The highest BCUT2D eigenvalue weighted by molar-refractivity contribution is 5.47. The molecule has 0 aliphatic rings. The Morgan fingerprint density at radius 2 is 1.86 bits per heavy atom. The zero-order chi connectivity index (χ0) is 15.7.